The summed E-state index contributed by atoms with van der Waals surface area (Å²) in [5, 5.41) is 6.68. The van der Waals surface area contributed by atoms with Gasteiger partial charge in [-0.3, -0.25) is 38.6 Å². The number of halogens is 1. The fourth-order valence-corrected chi connectivity index (χ4v) is 6.95. The molecule has 16 nitrogen and oxygen atoms in total. The maximum atomic E-state index is 13.7. The number of carbonyl (C=O) groups excluding carboxylic acids is 5. The van der Waals surface area contributed by atoms with Crippen LogP contribution < -0.4 is 30.6 Å². The van der Waals surface area contributed by atoms with Crippen LogP contribution in [0.4, 0.5) is 17.5 Å². The predicted octanol–water partition coefficient (Wildman–Crippen LogP) is 3.13. The van der Waals surface area contributed by atoms with E-state index in [1.54, 1.807) is 30.5 Å². The van der Waals surface area contributed by atoms with Crippen LogP contribution in [0, 0.1) is 0 Å². The van der Waals surface area contributed by atoms with E-state index in [4.69, 9.17) is 21.1 Å². The number of ether oxygens (including phenoxy) is 2. The Morgan fingerprint density at radius 3 is 2.52 bits per heavy atom. The summed E-state index contributed by atoms with van der Waals surface area (Å²) in [6.07, 6.45) is 4.95. The van der Waals surface area contributed by atoms with E-state index in [2.05, 4.69) is 25.5 Å². The molecule has 2 fully saturated rings. The van der Waals surface area contributed by atoms with E-state index in [0.29, 0.717) is 33.4 Å². The number of carbonyl (C=O) groups is 5. The van der Waals surface area contributed by atoms with Crippen LogP contribution in [-0.4, -0.2) is 100 Å². The Labute approximate surface area is 314 Å². The lowest BCUT2D eigenvalue weighted by molar-refractivity contribution is -0.149. The van der Waals surface area contributed by atoms with Crippen molar-refractivity contribution in [2.75, 3.05) is 50.6 Å². The molecular formula is C37H37ClN8O8. The zero-order chi connectivity index (χ0) is 38.1. The first-order valence-electron chi connectivity index (χ1n) is 17.5. The molecule has 5 amide bonds. The van der Waals surface area contributed by atoms with Crippen molar-refractivity contribution in [2.45, 2.75) is 44.7 Å². The number of rotatable bonds is 11. The highest BCUT2D eigenvalue weighted by molar-refractivity contribution is 6.33. The molecule has 1 atom stereocenters. The van der Waals surface area contributed by atoms with E-state index in [1.807, 2.05) is 0 Å². The normalized spacial score (nSPS) is 17.2. The number of amides is 5. The number of pyridine rings is 1. The van der Waals surface area contributed by atoms with Crippen molar-refractivity contribution >= 4 is 69.5 Å². The minimum Gasteiger partial charge on any atom is -0.492 e. The van der Waals surface area contributed by atoms with Crippen LogP contribution in [0.3, 0.4) is 0 Å². The number of hydrogen-bond acceptors (Lipinski definition) is 12. The molecule has 2 saturated heterocycles. The fraction of sp³-hybridized carbons (Fsp3) is 0.351. The molecule has 4 aromatic rings. The summed E-state index contributed by atoms with van der Waals surface area (Å²) in [5.74, 6) is -1.45. The Kier molecular flexibility index (Phi) is 10.2. The molecule has 2 N–H and O–H groups in total. The van der Waals surface area contributed by atoms with Crippen LogP contribution in [0.25, 0.3) is 10.9 Å². The molecule has 2 aromatic heterocycles. The van der Waals surface area contributed by atoms with Gasteiger partial charge in [0, 0.05) is 44.7 Å². The Morgan fingerprint density at radius 1 is 0.963 bits per heavy atom. The molecule has 280 valence electrons. The van der Waals surface area contributed by atoms with Gasteiger partial charge in [0.2, 0.25) is 11.9 Å². The SMILES string of the molecule is CNC(=O)COc1cc2cc(Nc3nc(N4CCCCC4)ncc3Cl)ccc2n(CCOc2ccc3c(c2)C(=O)N(C2CCC(=O)N(C)C2=O)C3=O)c1=O. The zero-order valence-corrected chi connectivity index (χ0v) is 30.4. The Morgan fingerprint density at radius 2 is 1.74 bits per heavy atom. The van der Waals surface area contributed by atoms with Crippen molar-refractivity contribution in [1.82, 2.24) is 29.7 Å². The van der Waals surface area contributed by atoms with Crippen LogP contribution in [0.5, 0.6) is 11.5 Å². The molecule has 0 bridgehead atoms. The largest absolute Gasteiger partial charge is 0.492 e. The fourth-order valence-electron chi connectivity index (χ4n) is 6.81. The third-order valence-corrected chi connectivity index (χ3v) is 10.0. The summed E-state index contributed by atoms with van der Waals surface area (Å²) in [6.45, 7) is 1.38. The van der Waals surface area contributed by atoms with Crippen LogP contribution in [-0.2, 0) is 20.9 Å². The topological polar surface area (TPSA) is 185 Å². The van der Waals surface area contributed by atoms with Gasteiger partial charge in [0.25, 0.3) is 29.2 Å². The van der Waals surface area contributed by atoms with E-state index in [1.165, 1.54) is 43.3 Å². The average Bonchev–Trinajstić information content (AvgIpc) is 3.43. The molecule has 3 aliphatic rings. The van der Waals surface area contributed by atoms with Crippen molar-refractivity contribution in [3.63, 3.8) is 0 Å². The molecule has 1 unspecified atom stereocenters. The van der Waals surface area contributed by atoms with Crippen molar-refractivity contribution < 1.29 is 33.4 Å². The second kappa shape index (κ2) is 15.1. The van der Waals surface area contributed by atoms with Crippen LogP contribution >= 0.6 is 11.6 Å². The quantitative estimate of drug-likeness (QED) is 0.214. The highest BCUT2D eigenvalue weighted by atomic mass is 35.5. The average molecular weight is 757 g/mol. The van der Waals surface area contributed by atoms with Gasteiger partial charge in [-0.05, 0) is 68.1 Å². The minimum absolute atomic E-state index is 0.0254. The van der Waals surface area contributed by atoms with Crippen LogP contribution in [0.2, 0.25) is 5.02 Å². The molecule has 0 aliphatic carbocycles. The van der Waals surface area contributed by atoms with Gasteiger partial charge >= 0.3 is 0 Å². The smallest absolute Gasteiger partial charge is 0.293 e. The molecular weight excluding hydrogens is 720 g/mol. The highest BCUT2D eigenvalue weighted by Gasteiger charge is 2.46. The van der Waals surface area contributed by atoms with Crippen molar-refractivity contribution in [3.8, 4) is 11.5 Å². The summed E-state index contributed by atoms with van der Waals surface area (Å²) in [4.78, 5) is 90.1. The van der Waals surface area contributed by atoms with E-state index in [9.17, 15) is 28.8 Å². The van der Waals surface area contributed by atoms with Gasteiger partial charge in [0.15, 0.2) is 18.2 Å². The number of piperidine rings is 2. The number of hydrogen-bond donors (Lipinski definition) is 2. The molecule has 0 spiro atoms. The second-order valence-electron chi connectivity index (χ2n) is 13.1. The van der Waals surface area contributed by atoms with E-state index >= 15 is 0 Å². The Hall–Kier alpha value is -6.03. The van der Waals surface area contributed by atoms with Gasteiger partial charge in [0.1, 0.15) is 23.4 Å². The zero-order valence-electron chi connectivity index (χ0n) is 29.6. The number of imide groups is 2. The molecule has 7 rings (SSSR count). The van der Waals surface area contributed by atoms with E-state index < -0.39 is 35.2 Å². The number of anilines is 3. The lowest BCUT2D eigenvalue weighted by Crippen LogP contribution is -2.54. The number of nitrogens with zero attached hydrogens (tertiary/aromatic N) is 6. The predicted molar refractivity (Wildman–Crippen MR) is 197 cm³/mol. The number of likely N-dealkylation sites (N-methyl/N-ethyl adjacent to an activating group) is 2. The molecule has 3 aliphatic heterocycles. The molecule has 17 heteroatoms. The standard InChI is InChI=1S/C37H37ClN8O8/c1-39-30(47)20-54-29-17-21-16-22(41-32-26(38)19-40-37(42-32)44-12-4-3-5-13-44)6-9-27(21)45(36(29)52)14-15-53-23-7-8-24-25(18-23)34(50)46(33(24)49)28-10-11-31(48)43(2)35(28)51/h6-9,16-19,28H,3-5,10-15,20H2,1-2H3,(H,39,47)(H,40,41,42). The van der Waals surface area contributed by atoms with Crippen molar-refractivity contribution in [1.29, 1.82) is 0 Å². The highest BCUT2D eigenvalue weighted by Crippen LogP contribution is 2.32. The van der Waals surface area contributed by atoms with Crippen LogP contribution in [0.15, 0.2) is 53.5 Å². The maximum absolute atomic E-state index is 13.7. The lowest BCUT2D eigenvalue weighted by atomic mass is 10.0. The van der Waals surface area contributed by atoms with Crippen molar-refractivity contribution in [3.05, 3.63) is 75.2 Å². The number of aromatic nitrogens is 3. The first-order chi connectivity index (χ1) is 26.0. The van der Waals surface area contributed by atoms with Crippen molar-refractivity contribution in [2.24, 2.45) is 0 Å². The molecule has 0 saturated carbocycles. The molecule has 2 aromatic carbocycles. The summed E-state index contributed by atoms with van der Waals surface area (Å²) in [5.41, 5.74) is 0.884. The minimum atomic E-state index is -1.08. The summed E-state index contributed by atoms with van der Waals surface area (Å²) in [6, 6.07) is 10.2. The Balaban J connectivity index is 1.11. The number of benzene rings is 2. The maximum Gasteiger partial charge on any atom is 0.293 e. The van der Waals surface area contributed by atoms with E-state index in [0.717, 1.165) is 35.7 Å². The van der Waals surface area contributed by atoms with Gasteiger partial charge < -0.3 is 29.6 Å². The monoisotopic (exact) mass is 756 g/mol. The summed E-state index contributed by atoms with van der Waals surface area (Å²) >= 11 is 6.48. The number of nitrogens with one attached hydrogen (secondary N) is 2. The van der Waals surface area contributed by atoms with Crippen LogP contribution in [0.1, 0.15) is 52.8 Å². The number of likely N-dealkylation sites (tertiary alicyclic amines) is 1. The third-order valence-electron chi connectivity index (χ3n) is 9.74. The Bertz CT molecular complexity index is 2260. The number of fused-ring (bicyclic) bond motifs is 2. The van der Waals surface area contributed by atoms with E-state index in [-0.39, 0.29) is 61.1 Å². The molecule has 5 heterocycles. The van der Waals surface area contributed by atoms with Gasteiger partial charge in [-0.15, -0.1) is 0 Å². The third kappa shape index (κ3) is 7.03. The summed E-state index contributed by atoms with van der Waals surface area (Å²) in [7, 11) is 2.79. The summed E-state index contributed by atoms with van der Waals surface area (Å²) < 4.78 is 13.1. The van der Waals surface area contributed by atoms with Gasteiger partial charge in [-0.2, -0.15) is 4.98 Å². The lowest BCUT2D eigenvalue weighted by Gasteiger charge is -2.32. The van der Waals surface area contributed by atoms with Gasteiger partial charge in [0.05, 0.1) is 29.4 Å². The first kappa shape index (κ1) is 36.3. The molecule has 54 heavy (non-hydrogen) atoms. The van der Waals surface area contributed by atoms with Gasteiger partial charge in [-0.25, -0.2) is 4.98 Å². The second-order valence-corrected chi connectivity index (χ2v) is 13.5. The van der Waals surface area contributed by atoms with Gasteiger partial charge in [-0.1, -0.05) is 11.6 Å². The first-order valence-corrected chi connectivity index (χ1v) is 17.9. The molecule has 0 radical (unpaired) electrons.